The van der Waals surface area contributed by atoms with Gasteiger partial charge < -0.3 is 10.2 Å². The molecule has 0 amide bonds. The molecule has 3 aliphatic heterocycles. The van der Waals surface area contributed by atoms with Crippen LogP contribution in [0.25, 0.3) is 0 Å². The summed E-state index contributed by atoms with van der Waals surface area (Å²) in [6.07, 6.45) is 0. The van der Waals surface area contributed by atoms with E-state index in [0.717, 1.165) is 24.9 Å². The van der Waals surface area contributed by atoms with Gasteiger partial charge >= 0.3 is 0 Å². The minimum atomic E-state index is 0.885. The smallest absolute Gasteiger partial charge is 0.0237 e. The zero-order valence-electron chi connectivity index (χ0n) is 16.2. The summed E-state index contributed by atoms with van der Waals surface area (Å²) in [5, 5.41) is 3.55. The van der Waals surface area contributed by atoms with E-state index in [1.807, 2.05) is 0 Å². The second-order valence-electron chi connectivity index (χ2n) is 8.66. The lowest BCUT2D eigenvalue weighted by Gasteiger charge is -2.33. The van der Waals surface area contributed by atoms with Crippen LogP contribution in [0.2, 0.25) is 0 Å². The number of hydrogen-bond donors (Lipinski definition) is 1. The van der Waals surface area contributed by atoms with Crippen LogP contribution in [0.1, 0.15) is 22.3 Å². The van der Waals surface area contributed by atoms with E-state index in [1.54, 1.807) is 5.56 Å². The summed E-state index contributed by atoms with van der Waals surface area (Å²) in [6.45, 7) is 16.6. The van der Waals surface area contributed by atoms with Crippen molar-refractivity contribution in [3.05, 3.63) is 34.4 Å². The second kappa shape index (κ2) is 7.36. The number of likely N-dealkylation sites (tertiary alicyclic amines) is 1. The molecule has 2 atom stereocenters. The molecule has 25 heavy (non-hydrogen) atoms. The van der Waals surface area contributed by atoms with E-state index in [-0.39, 0.29) is 0 Å². The van der Waals surface area contributed by atoms with E-state index in [9.17, 15) is 0 Å². The number of fused-ring (bicyclic) bond motifs is 1. The van der Waals surface area contributed by atoms with Gasteiger partial charge in [-0.3, -0.25) is 9.80 Å². The van der Waals surface area contributed by atoms with Crippen LogP contribution in [0.15, 0.2) is 12.1 Å². The Bertz CT molecular complexity index is 594. The molecule has 0 unspecified atom stereocenters. The number of likely N-dealkylation sites (N-methyl/N-ethyl adjacent to an activating group) is 1. The first-order valence-corrected chi connectivity index (χ1v) is 10.0. The number of hydrogen-bond acceptors (Lipinski definition) is 4. The maximum atomic E-state index is 3.55. The van der Waals surface area contributed by atoms with Gasteiger partial charge in [-0.1, -0.05) is 12.1 Å². The minimum Gasteiger partial charge on any atom is -0.316 e. The van der Waals surface area contributed by atoms with Gasteiger partial charge in [0.05, 0.1) is 0 Å². The van der Waals surface area contributed by atoms with Crippen LogP contribution in [0.5, 0.6) is 0 Å². The highest BCUT2D eigenvalue weighted by molar-refractivity contribution is 5.37. The summed E-state index contributed by atoms with van der Waals surface area (Å²) in [7, 11) is 2.23. The molecule has 3 fully saturated rings. The molecule has 1 aromatic rings. The van der Waals surface area contributed by atoms with Crippen molar-refractivity contribution in [2.75, 3.05) is 59.4 Å². The first-order valence-electron chi connectivity index (χ1n) is 10.0. The Kier molecular flexibility index (Phi) is 5.14. The summed E-state index contributed by atoms with van der Waals surface area (Å²) in [4.78, 5) is 7.74. The van der Waals surface area contributed by atoms with E-state index < -0.39 is 0 Å². The molecule has 0 spiro atoms. The lowest BCUT2D eigenvalue weighted by molar-refractivity contribution is 0.148. The van der Waals surface area contributed by atoms with Crippen LogP contribution in [0, 0.1) is 25.7 Å². The van der Waals surface area contributed by atoms with Gasteiger partial charge in [0.25, 0.3) is 0 Å². The monoisotopic (exact) mass is 342 g/mol. The van der Waals surface area contributed by atoms with Gasteiger partial charge in [-0.05, 0) is 68.1 Å². The van der Waals surface area contributed by atoms with Crippen molar-refractivity contribution >= 4 is 0 Å². The van der Waals surface area contributed by atoms with E-state index >= 15 is 0 Å². The predicted octanol–water partition coefficient (Wildman–Crippen LogP) is 1.70. The highest BCUT2D eigenvalue weighted by Crippen LogP contribution is 2.28. The average Bonchev–Trinajstić information content (AvgIpc) is 3.15. The SMILES string of the molecule is Cc1cc(C)c(CN2C[C@H]3CNC[C@H]3C2)cc1CN1CCN(C)CC1. The van der Waals surface area contributed by atoms with E-state index in [4.69, 9.17) is 0 Å². The third-order valence-electron chi connectivity index (χ3n) is 6.64. The summed E-state index contributed by atoms with van der Waals surface area (Å²) in [5.74, 6) is 1.77. The van der Waals surface area contributed by atoms with Crippen LogP contribution in [0.4, 0.5) is 0 Å². The third kappa shape index (κ3) is 3.92. The van der Waals surface area contributed by atoms with Crippen LogP contribution < -0.4 is 5.32 Å². The fraction of sp³-hybridized carbons (Fsp3) is 0.714. The van der Waals surface area contributed by atoms with Crippen LogP contribution >= 0.6 is 0 Å². The Hall–Kier alpha value is -0.940. The quantitative estimate of drug-likeness (QED) is 0.899. The lowest BCUT2D eigenvalue weighted by Crippen LogP contribution is -2.44. The first kappa shape index (κ1) is 17.5. The second-order valence-corrected chi connectivity index (χ2v) is 8.66. The minimum absolute atomic E-state index is 0.885. The van der Waals surface area contributed by atoms with Crippen molar-refractivity contribution in [2.24, 2.45) is 11.8 Å². The molecule has 4 nitrogen and oxygen atoms in total. The molecule has 0 aromatic heterocycles. The van der Waals surface area contributed by atoms with Gasteiger partial charge in [-0.2, -0.15) is 0 Å². The molecule has 3 saturated heterocycles. The topological polar surface area (TPSA) is 21.8 Å². The number of nitrogens with zero attached hydrogens (tertiary/aromatic N) is 3. The molecular weight excluding hydrogens is 308 g/mol. The maximum Gasteiger partial charge on any atom is 0.0237 e. The van der Waals surface area contributed by atoms with Crippen LogP contribution in [-0.2, 0) is 13.1 Å². The molecule has 0 bridgehead atoms. The number of benzene rings is 1. The predicted molar refractivity (Wildman–Crippen MR) is 104 cm³/mol. The van der Waals surface area contributed by atoms with Crippen molar-refractivity contribution in [1.82, 2.24) is 20.0 Å². The molecule has 4 heteroatoms. The highest BCUT2D eigenvalue weighted by Gasteiger charge is 2.35. The molecule has 4 rings (SSSR count). The zero-order chi connectivity index (χ0) is 17.4. The average molecular weight is 343 g/mol. The van der Waals surface area contributed by atoms with Crippen molar-refractivity contribution in [3.8, 4) is 0 Å². The van der Waals surface area contributed by atoms with E-state index in [2.05, 4.69) is 53.0 Å². The molecule has 1 N–H and O–H groups in total. The number of rotatable bonds is 4. The number of piperazine rings is 1. The largest absolute Gasteiger partial charge is 0.316 e. The van der Waals surface area contributed by atoms with Crippen molar-refractivity contribution < 1.29 is 0 Å². The van der Waals surface area contributed by atoms with E-state index in [1.165, 1.54) is 69.0 Å². The number of aryl methyl sites for hydroxylation is 2. The molecule has 1 aromatic carbocycles. The summed E-state index contributed by atoms with van der Waals surface area (Å²) in [5.41, 5.74) is 6.01. The molecule has 3 aliphatic rings. The zero-order valence-corrected chi connectivity index (χ0v) is 16.2. The summed E-state index contributed by atoms with van der Waals surface area (Å²) >= 11 is 0. The van der Waals surface area contributed by atoms with Crippen LogP contribution in [-0.4, -0.2) is 74.1 Å². The highest BCUT2D eigenvalue weighted by atomic mass is 15.2. The molecule has 138 valence electrons. The van der Waals surface area contributed by atoms with Crippen molar-refractivity contribution in [3.63, 3.8) is 0 Å². The van der Waals surface area contributed by atoms with Crippen molar-refractivity contribution in [2.45, 2.75) is 26.9 Å². The Balaban J connectivity index is 1.43. The Morgan fingerprint density at radius 1 is 0.840 bits per heavy atom. The lowest BCUT2D eigenvalue weighted by atomic mass is 9.99. The van der Waals surface area contributed by atoms with Crippen LogP contribution in [0.3, 0.4) is 0 Å². The molecular formula is C21H34N4. The van der Waals surface area contributed by atoms with Gasteiger partial charge in [-0.25, -0.2) is 0 Å². The number of nitrogens with one attached hydrogen (secondary N) is 1. The Labute approximate surface area is 153 Å². The summed E-state index contributed by atoms with van der Waals surface area (Å²) < 4.78 is 0. The molecule has 0 aliphatic carbocycles. The van der Waals surface area contributed by atoms with E-state index in [0.29, 0.717) is 0 Å². The normalized spacial score (nSPS) is 28.6. The fourth-order valence-electron chi connectivity index (χ4n) is 4.86. The standard InChI is InChI=1S/C21H34N4/c1-16-8-17(2)19(13-25-14-20-10-22-11-21(20)15-25)9-18(16)12-24-6-4-23(3)5-7-24/h8-9,20-22H,4-7,10-15H2,1-3H3/t20-,21+. The van der Waals surface area contributed by atoms with Gasteiger partial charge in [0.1, 0.15) is 0 Å². The maximum absolute atomic E-state index is 3.55. The Morgan fingerprint density at radius 3 is 2.00 bits per heavy atom. The Morgan fingerprint density at radius 2 is 1.40 bits per heavy atom. The third-order valence-corrected chi connectivity index (χ3v) is 6.64. The van der Waals surface area contributed by atoms with Gasteiger partial charge in [0, 0.05) is 52.4 Å². The molecule has 0 saturated carbocycles. The molecule has 3 heterocycles. The van der Waals surface area contributed by atoms with Gasteiger partial charge in [0.2, 0.25) is 0 Å². The molecule has 0 radical (unpaired) electrons. The fourth-order valence-corrected chi connectivity index (χ4v) is 4.86. The van der Waals surface area contributed by atoms with Gasteiger partial charge in [-0.15, -0.1) is 0 Å². The van der Waals surface area contributed by atoms with Gasteiger partial charge in [0.15, 0.2) is 0 Å². The first-order chi connectivity index (χ1) is 12.1. The van der Waals surface area contributed by atoms with Crippen molar-refractivity contribution in [1.29, 1.82) is 0 Å². The summed E-state index contributed by atoms with van der Waals surface area (Å²) in [6, 6.07) is 4.93.